The number of allylic oxidation sites excluding steroid dienone is 1. The van der Waals surface area contributed by atoms with Crippen molar-refractivity contribution >= 4 is 13.3 Å². The van der Waals surface area contributed by atoms with E-state index in [-0.39, 0.29) is 24.6 Å². The van der Waals surface area contributed by atoms with Gasteiger partial charge < -0.3 is 14.2 Å². The second-order valence-electron chi connectivity index (χ2n) is 7.05. The lowest BCUT2D eigenvalue weighted by Gasteiger charge is -2.32. The molecule has 2 N–H and O–H groups in total. The summed E-state index contributed by atoms with van der Waals surface area (Å²) in [4.78, 5) is 6.46. The summed E-state index contributed by atoms with van der Waals surface area (Å²) in [5.41, 5.74) is 6.32. The molecule has 2 fully saturated rings. The topological polar surface area (TPSA) is 60.1 Å². The Kier molecular flexibility index (Phi) is 3.23. The van der Waals surface area contributed by atoms with Crippen molar-refractivity contribution in [1.29, 1.82) is 0 Å². The first-order valence-electron chi connectivity index (χ1n) is 7.40. The summed E-state index contributed by atoms with van der Waals surface area (Å²) in [7, 11) is -0.363. The van der Waals surface area contributed by atoms with E-state index in [9.17, 15) is 0 Å². The summed E-state index contributed by atoms with van der Waals surface area (Å²) < 4.78 is 12.1. The van der Waals surface area contributed by atoms with Crippen molar-refractivity contribution in [3.8, 4) is 0 Å². The fourth-order valence-electron chi connectivity index (χ4n) is 2.41. The van der Waals surface area contributed by atoms with Gasteiger partial charge in [-0.3, -0.25) is 10.7 Å². The predicted molar refractivity (Wildman–Crippen MR) is 80.1 cm³/mol. The Morgan fingerprint density at radius 3 is 2.45 bits per heavy atom. The lowest BCUT2D eigenvalue weighted by atomic mass is 9.79. The molecule has 0 spiro atoms. The Hall–Kier alpha value is -0.845. The molecule has 1 saturated carbocycles. The second kappa shape index (κ2) is 4.58. The molecule has 0 aromatic rings. The molecule has 0 aromatic carbocycles. The van der Waals surface area contributed by atoms with Crippen LogP contribution in [0.4, 0.5) is 0 Å². The van der Waals surface area contributed by atoms with Crippen LogP contribution in [0.15, 0.2) is 16.7 Å². The molecule has 3 aliphatic rings. The van der Waals surface area contributed by atoms with Crippen molar-refractivity contribution in [3.63, 3.8) is 0 Å². The van der Waals surface area contributed by atoms with Gasteiger partial charge in [-0.25, -0.2) is 0 Å². The summed E-state index contributed by atoms with van der Waals surface area (Å²) >= 11 is 0. The fraction of sp³-hybridized carbons (Fsp3) is 0.786. The second-order valence-corrected chi connectivity index (χ2v) is 7.05. The van der Waals surface area contributed by atoms with Gasteiger partial charge in [0.1, 0.15) is 0 Å². The average Bonchev–Trinajstić information content (AvgIpc) is 3.10. The van der Waals surface area contributed by atoms with Crippen LogP contribution in [0.25, 0.3) is 0 Å². The van der Waals surface area contributed by atoms with Crippen LogP contribution in [0.5, 0.6) is 0 Å². The maximum Gasteiger partial charge on any atom is 0.497 e. The lowest BCUT2D eigenvalue weighted by Crippen LogP contribution is -2.42. The molecule has 0 radical (unpaired) electrons. The number of aliphatic imine (C=N–C) groups is 1. The van der Waals surface area contributed by atoms with Crippen molar-refractivity contribution in [2.24, 2.45) is 16.6 Å². The molecule has 0 amide bonds. The Labute approximate surface area is 121 Å². The smallest absolute Gasteiger partial charge is 0.399 e. The van der Waals surface area contributed by atoms with Gasteiger partial charge in [0.15, 0.2) is 6.29 Å². The first-order chi connectivity index (χ1) is 9.28. The largest absolute Gasteiger partial charge is 0.497 e. The van der Waals surface area contributed by atoms with E-state index < -0.39 is 0 Å². The van der Waals surface area contributed by atoms with Gasteiger partial charge in [0.25, 0.3) is 0 Å². The minimum atomic E-state index is -0.363. The SMILES string of the molecule is CC1(C)OB(C2=CN(CC3CC3)C(N)N=C2)OC1(C)C. The zero-order valence-corrected chi connectivity index (χ0v) is 12.8. The Morgan fingerprint density at radius 1 is 1.30 bits per heavy atom. The third-order valence-electron chi connectivity index (χ3n) is 4.72. The molecule has 0 aromatic heterocycles. The van der Waals surface area contributed by atoms with Crippen molar-refractivity contribution in [2.75, 3.05) is 6.54 Å². The Morgan fingerprint density at radius 2 is 1.90 bits per heavy atom. The number of hydrogen-bond acceptors (Lipinski definition) is 5. The molecule has 20 heavy (non-hydrogen) atoms. The summed E-state index contributed by atoms with van der Waals surface area (Å²) in [6.07, 6.45) is 6.16. The van der Waals surface area contributed by atoms with Crippen LogP contribution in [0.2, 0.25) is 0 Å². The molecule has 1 saturated heterocycles. The molecule has 0 bridgehead atoms. The number of hydrogen-bond donors (Lipinski definition) is 1. The van der Waals surface area contributed by atoms with Crippen LogP contribution in [0.1, 0.15) is 40.5 Å². The highest BCUT2D eigenvalue weighted by Crippen LogP contribution is 2.39. The quantitative estimate of drug-likeness (QED) is 0.795. The van der Waals surface area contributed by atoms with Gasteiger partial charge in [-0.1, -0.05) is 0 Å². The molecule has 3 rings (SSSR count). The highest BCUT2D eigenvalue weighted by atomic mass is 16.7. The summed E-state index contributed by atoms with van der Waals surface area (Å²) in [5.74, 6) is 0.769. The Balaban J connectivity index is 1.75. The van der Waals surface area contributed by atoms with Gasteiger partial charge in [-0.15, -0.1) is 0 Å². The van der Waals surface area contributed by atoms with Crippen molar-refractivity contribution < 1.29 is 9.31 Å². The van der Waals surface area contributed by atoms with E-state index in [1.54, 1.807) is 6.21 Å². The molecular formula is C14H24BN3O2. The molecule has 1 unspecified atom stereocenters. The first kappa shape index (κ1) is 14.1. The molecule has 1 aliphatic carbocycles. The highest BCUT2D eigenvalue weighted by molar-refractivity contribution is 6.60. The molecule has 2 aliphatic heterocycles. The molecule has 2 heterocycles. The number of nitrogens with zero attached hydrogens (tertiary/aromatic N) is 2. The first-order valence-corrected chi connectivity index (χ1v) is 7.40. The molecule has 110 valence electrons. The van der Waals surface area contributed by atoms with Gasteiger partial charge in [0.05, 0.1) is 11.2 Å². The summed E-state index contributed by atoms with van der Waals surface area (Å²) in [5, 5.41) is 0. The third kappa shape index (κ3) is 2.52. The van der Waals surface area contributed by atoms with E-state index in [1.165, 1.54) is 12.8 Å². The van der Waals surface area contributed by atoms with Crippen LogP contribution in [0, 0.1) is 5.92 Å². The molecule has 1 atom stereocenters. The number of rotatable bonds is 3. The Bertz CT molecular complexity index is 441. The third-order valence-corrected chi connectivity index (χ3v) is 4.72. The van der Waals surface area contributed by atoms with E-state index in [4.69, 9.17) is 15.0 Å². The van der Waals surface area contributed by atoms with E-state index in [0.29, 0.717) is 0 Å². The van der Waals surface area contributed by atoms with Gasteiger partial charge >= 0.3 is 7.12 Å². The van der Waals surface area contributed by atoms with E-state index in [1.807, 2.05) is 0 Å². The standard InChI is InChI=1S/C14H24BN3O2/c1-13(2)14(3,4)20-15(19-13)11-7-17-12(16)18(9-11)8-10-5-6-10/h7,9-10,12H,5-6,8,16H2,1-4H3. The van der Waals surface area contributed by atoms with Crippen LogP contribution >= 0.6 is 0 Å². The normalized spacial score (nSPS) is 31.6. The minimum absolute atomic E-state index is 0.276. The van der Waals surface area contributed by atoms with Gasteiger partial charge in [0, 0.05) is 24.4 Å². The highest BCUT2D eigenvalue weighted by Gasteiger charge is 2.52. The van der Waals surface area contributed by atoms with Gasteiger partial charge in [0.2, 0.25) is 0 Å². The average molecular weight is 277 g/mol. The predicted octanol–water partition coefficient (Wildman–Crippen LogP) is 1.54. The van der Waals surface area contributed by atoms with Crippen molar-refractivity contribution in [2.45, 2.75) is 58.0 Å². The van der Waals surface area contributed by atoms with E-state index in [2.05, 4.69) is 43.8 Å². The number of nitrogens with two attached hydrogens (primary N) is 1. The van der Waals surface area contributed by atoms with Crippen LogP contribution < -0.4 is 5.73 Å². The molecule has 5 nitrogen and oxygen atoms in total. The molecular weight excluding hydrogens is 253 g/mol. The van der Waals surface area contributed by atoms with Gasteiger partial charge in [-0.2, -0.15) is 0 Å². The maximum atomic E-state index is 6.06. The zero-order valence-electron chi connectivity index (χ0n) is 12.8. The lowest BCUT2D eigenvalue weighted by molar-refractivity contribution is 0.00578. The van der Waals surface area contributed by atoms with Crippen molar-refractivity contribution in [1.82, 2.24) is 4.90 Å². The van der Waals surface area contributed by atoms with E-state index in [0.717, 1.165) is 17.9 Å². The van der Waals surface area contributed by atoms with E-state index >= 15 is 0 Å². The summed E-state index contributed by atoms with van der Waals surface area (Å²) in [6, 6.07) is 0. The zero-order chi connectivity index (χ0) is 14.5. The maximum absolute atomic E-state index is 6.06. The van der Waals surface area contributed by atoms with Crippen LogP contribution in [0.3, 0.4) is 0 Å². The minimum Gasteiger partial charge on any atom is -0.399 e. The monoisotopic (exact) mass is 277 g/mol. The fourth-order valence-corrected chi connectivity index (χ4v) is 2.41. The van der Waals surface area contributed by atoms with Crippen LogP contribution in [-0.2, 0) is 9.31 Å². The summed E-state index contributed by atoms with van der Waals surface area (Å²) in [6.45, 7) is 9.20. The molecule has 6 heteroatoms. The van der Waals surface area contributed by atoms with Crippen molar-refractivity contribution in [3.05, 3.63) is 11.7 Å². The van der Waals surface area contributed by atoms with Crippen LogP contribution in [-0.4, -0.2) is 42.3 Å². The van der Waals surface area contributed by atoms with Gasteiger partial charge in [-0.05, 0) is 46.5 Å².